The summed E-state index contributed by atoms with van der Waals surface area (Å²) in [7, 11) is 1.55. The molecule has 21 heavy (non-hydrogen) atoms. The van der Waals surface area contributed by atoms with Gasteiger partial charge in [-0.2, -0.15) is 0 Å². The van der Waals surface area contributed by atoms with Gasteiger partial charge in [0.1, 0.15) is 5.75 Å². The van der Waals surface area contributed by atoms with Crippen molar-refractivity contribution in [2.75, 3.05) is 31.4 Å². The Balaban J connectivity index is 2.28. The fourth-order valence-corrected chi connectivity index (χ4v) is 1.78. The van der Waals surface area contributed by atoms with Gasteiger partial charge in [-0.1, -0.05) is 13.8 Å². The predicted molar refractivity (Wildman–Crippen MR) is 85.5 cm³/mol. The lowest BCUT2D eigenvalue weighted by atomic mass is 10.1. The van der Waals surface area contributed by atoms with E-state index in [-0.39, 0.29) is 5.91 Å². The summed E-state index contributed by atoms with van der Waals surface area (Å²) in [5.41, 5.74) is 6.91. The number of carbonyl (C=O) groups is 1. The summed E-state index contributed by atoms with van der Waals surface area (Å²) >= 11 is 0. The first kappa shape index (κ1) is 17.3. The van der Waals surface area contributed by atoms with Crippen molar-refractivity contribution < 1.29 is 14.3 Å². The monoisotopic (exact) mass is 294 g/mol. The average molecular weight is 294 g/mol. The van der Waals surface area contributed by atoms with Gasteiger partial charge in [0.15, 0.2) is 0 Å². The molecule has 0 aliphatic rings. The minimum Gasteiger partial charge on any atom is -0.494 e. The number of benzene rings is 1. The molecule has 1 rings (SSSR count). The summed E-state index contributed by atoms with van der Waals surface area (Å²) < 4.78 is 10.7. The van der Waals surface area contributed by atoms with Crippen LogP contribution in [-0.4, -0.2) is 26.2 Å². The van der Waals surface area contributed by atoms with E-state index in [0.29, 0.717) is 42.5 Å². The van der Waals surface area contributed by atoms with Crippen LogP contribution in [0.1, 0.15) is 33.1 Å². The van der Waals surface area contributed by atoms with Gasteiger partial charge in [0.05, 0.1) is 12.8 Å². The van der Waals surface area contributed by atoms with Crippen LogP contribution in [0.3, 0.4) is 0 Å². The number of rotatable bonds is 9. The zero-order valence-corrected chi connectivity index (χ0v) is 13.1. The molecular formula is C16H26N2O3. The highest BCUT2D eigenvalue weighted by molar-refractivity contribution is 5.92. The van der Waals surface area contributed by atoms with Crippen molar-refractivity contribution in [3.05, 3.63) is 18.2 Å². The van der Waals surface area contributed by atoms with Crippen molar-refractivity contribution in [1.29, 1.82) is 0 Å². The van der Waals surface area contributed by atoms with Crippen molar-refractivity contribution in [1.82, 2.24) is 0 Å². The van der Waals surface area contributed by atoms with E-state index in [1.54, 1.807) is 25.3 Å². The minimum absolute atomic E-state index is 0.0504. The van der Waals surface area contributed by atoms with Crippen LogP contribution in [0, 0.1) is 5.92 Å². The first-order valence-electron chi connectivity index (χ1n) is 7.34. The van der Waals surface area contributed by atoms with Crippen LogP contribution in [-0.2, 0) is 9.53 Å². The zero-order valence-electron chi connectivity index (χ0n) is 13.1. The molecule has 5 nitrogen and oxygen atoms in total. The van der Waals surface area contributed by atoms with Crippen LogP contribution in [0.2, 0.25) is 0 Å². The molecule has 0 saturated heterocycles. The lowest BCUT2D eigenvalue weighted by Crippen LogP contribution is -2.13. The highest BCUT2D eigenvalue weighted by atomic mass is 16.5. The molecule has 0 saturated carbocycles. The van der Waals surface area contributed by atoms with Crippen LogP contribution in [0.4, 0.5) is 11.4 Å². The van der Waals surface area contributed by atoms with Crippen LogP contribution >= 0.6 is 0 Å². The highest BCUT2D eigenvalue weighted by Gasteiger charge is 2.07. The Bertz CT molecular complexity index is 447. The summed E-state index contributed by atoms with van der Waals surface area (Å²) in [6, 6.07) is 5.16. The van der Waals surface area contributed by atoms with E-state index in [0.717, 1.165) is 13.0 Å². The van der Waals surface area contributed by atoms with Crippen molar-refractivity contribution in [3.8, 4) is 5.75 Å². The van der Waals surface area contributed by atoms with Crippen LogP contribution in [0.25, 0.3) is 0 Å². The van der Waals surface area contributed by atoms with E-state index in [1.165, 1.54) is 0 Å². The molecule has 1 aromatic carbocycles. The van der Waals surface area contributed by atoms with E-state index < -0.39 is 0 Å². The Morgan fingerprint density at radius 3 is 2.76 bits per heavy atom. The molecule has 0 aliphatic carbocycles. The molecule has 0 fully saturated rings. The van der Waals surface area contributed by atoms with Gasteiger partial charge in [0, 0.05) is 31.4 Å². The third-order valence-corrected chi connectivity index (χ3v) is 3.03. The third kappa shape index (κ3) is 6.99. The summed E-state index contributed by atoms with van der Waals surface area (Å²) in [5, 5.41) is 2.82. The Labute approximate surface area is 126 Å². The summed E-state index contributed by atoms with van der Waals surface area (Å²) in [6.45, 7) is 5.69. The van der Waals surface area contributed by atoms with Crippen LogP contribution < -0.4 is 15.8 Å². The molecular weight excluding hydrogens is 268 g/mol. The van der Waals surface area contributed by atoms with Crippen molar-refractivity contribution in [2.24, 2.45) is 5.92 Å². The van der Waals surface area contributed by atoms with Crippen molar-refractivity contribution in [2.45, 2.75) is 33.1 Å². The second kappa shape index (κ2) is 9.23. The van der Waals surface area contributed by atoms with Gasteiger partial charge in [-0.05, 0) is 30.9 Å². The summed E-state index contributed by atoms with van der Waals surface area (Å²) in [4.78, 5) is 11.9. The molecule has 1 aromatic rings. The molecule has 0 radical (unpaired) electrons. The number of nitrogen functional groups attached to an aromatic ring is 1. The first-order valence-corrected chi connectivity index (χ1v) is 7.34. The lowest BCUT2D eigenvalue weighted by Gasteiger charge is -2.11. The fraction of sp³-hybridized carbons (Fsp3) is 0.562. The molecule has 1 amide bonds. The van der Waals surface area contributed by atoms with Crippen LogP contribution in [0.5, 0.6) is 5.75 Å². The minimum atomic E-state index is -0.0504. The van der Waals surface area contributed by atoms with Crippen LogP contribution in [0.15, 0.2) is 18.2 Å². The number of methoxy groups -OCH3 is 1. The molecule has 0 aromatic heterocycles. The number of hydrogen-bond acceptors (Lipinski definition) is 4. The number of amides is 1. The second-order valence-corrected chi connectivity index (χ2v) is 5.41. The maximum atomic E-state index is 11.9. The third-order valence-electron chi connectivity index (χ3n) is 3.03. The van der Waals surface area contributed by atoms with Gasteiger partial charge in [-0.15, -0.1) is 0 Å². The Kier molecular flexibility index (Phi) is 7.61. The molecule has 0 unspecified atom stereocenters. The van der Waals surface area contributed by atoms with E-state index in [9.17, 15) is 4.79 Å². The maximum Gasteiger partial charge on any atom is 0.224 e. The van der Waals surface area contributed by atoms with Gasteiger partial charge in [-0.25, -0.2) is 0 Å². The first-order chi connectivity index (χ1) is 10.0. The van der Waals surface area contributed by atoms with Gasteiger partial charge < -0.3 is 20.5 Å². The van der Waals surface area contributed by atoms with Gasteiger partial charge in [-0.3, -0.25) is 4.79 Å². The molecule has 0 atom stereocenters. The second-order valence-electron chi connectivity index (χ2n) is 5.41. The summed E-state index contributed by atoms with van der Waals surface area (Å²) in [5.74, 6) is 1.16. The molecule has 118 valence electrons. The number of nitrogens with one attached hydrogen (secondary N) is 1. The molecule has 0 heterocycles. The van der Waals surface area contributed by atoms with E-state index in [1.807, 2.05) is 0 Å². The Morgan fingerprint density at radius 2 is 2.10 bits per heavy atom. The Morgan fingerprint density at radius 1 is 1.33 bits per heavy atom. The maximum absolute atomic E-state index is 11.9. The number of anilines is 2. The van der Waals surface area contributed by atoms with E-state index in [2.05, 4.69) is 19.2 Å². The largest absolute Gasteiger partial charge is 0.494 e. The van der Waals surface area contributed by atoms with Gasteiger partial charge in [0.2, 0.25) is 5.91 Å². The zero-order chi connectivity index (χ0) is 15.7. The predicted octanol–water partition coefficient (Wildman–Crippen LogP) is 3.06. The highest BCUT2D eigenvalue weighted by Crippen LogP contribution is 2.26. The molecule has 0 spiro atoms. The quantitative estimate of drug-likeness (QED) is 0.542. The van der Waals surface area contributed by atoms with Crippen molar-refractivity contribution >= 4 is 17.3 Å². The molecule has 0 bridgehead atoms. The summed E-state index contributed by atoms with van der Waals surface area (Å²) in [6.07, 6.45) is 2.19. The van der Waals surface area contributed by atoms with E-state index in [4.69, 9.17) is 15.2 Å². The van der Waals surface area contributed by atoms with Gasteiger partial charge in [0.25, 0.3) is 0 Å². The molecule has 3 N–H and O–H groups in total. The number of ether oxygens (including phenoxy) is 2. The standard InChI is InChI=1S/C16H26N2O3/c1-12(2)8-10-21-9-4-5-16(19)18-14-7-6-13(17)11-15(14)20-3/h6-7,11-12H,4-5,8-10,17H2,1-3H3,(H,18,19). The SMILES string of the molecule is COc1cc(N)ccc1NC(=O)CCCOCCC(C)C. The fourth-order valence-electron chi connectivity index (χ4n) is 1.78. The van der Waals surface area contributed by atoms with E-state index >= 15 is 0 Å². The average Bonchev–Trinajstić information content (AvgIpc) is 2.44. The van der Waals surface area contributed by atoms with Gasteiger partial charge >= 0.3 is 0 Å². The molecule has 0 aliphatic heterocycles. The van der Waals surface area contributed by atoms with Crippen molar-refractivity contribution in [3.63, 3.8) is 0 Å². The smallest absolute Gasteiger partial charge is 0.224 e. The number of hydrogen-bond donors (Lipinski definition) is 2. The normalized spacial score (nSPS) is 10.7. The lowest BCUT2D eigenvalue weighted by molar-refractivity contribution is -0.116. The number of carbonyl (C=O) groups excluding carboxylic acids is 1. The molecule has 5 heteroatoms. The Hall–Kier alpha value is -1.75. The topological polar surface area (TPSA) is 73.6 Å². The number of nitrogens with two attached hydrogens (primary N) is 1.